The molecule has 0 amide bonds. The maximum atomic E-state index is 13.4. The van der Waals surface area contributed by atoms with Gasteiger partial charge in [0.05, 0.1) is 16.6 Å². The molecule has 0 bridgehead atoms. The lowest BCUT2D eigenvalue weighted by Crippen LogP contribution is -2.07. The van der Waals surface area contributed by atoms with Crippen molar-refractivity contribution in [3.05, 3.63) is 94.6 Å². The number of fused-ring (bicyclic) bond motifs is 3. The van der Waals surface area contributed by atoms with E-state index in [0.717, 1.165) is 33.0 Å². The van der Waals surface area contributed by atoms with Crippen LogP contribution in [0.1, 0.15) is 32.3 Å². The van der Waals surface area contributed by atoms with Gasteiger partial charge in [-0.3, -0.25) is 4.79 Å². The molecule has 0 saturated carbocycles. The zero-order chi connectivity index (χ0) is 19.3. The van der Waals surface area contributed by atoms with E-state index in [4.69, 9.17) is 6.42 Å². The fourth-order valence-corrected chi connectivity index (χ4v) is 5.03. The Labute approximate surface area is 167 Å². The van der Waals surface area contributed by atoms with Crippen molar-refractivity contribution in [1.82, 2.24) is 0 Å². The third kappa shape index (κ3) is 2.52. The van der Waals surface area contributed by atoms with Gasteiger partial charge in [-0.1, -0.05) is 30.2 Å². The molecule has 0 aromatic heterocycles. The number of ketones is 1. The lowest BCUT2D eigenvalue weighted by molar-refractivity contribution is 0.103. The van der Waals surface area contributed by atoms with Gasteiger partial charge in [-0.2, -0.15) is 0 Å². The summed E-state index contributed by atoms with van der Waals surface area (Å²) in [7, 11) is 0. The van der Waals surface area contributed by atoms with Gasteiger partial charge in [-0.05, 0) is 48.0 Å². The standard InChI is InChI=1S/C24H15NO2S/c1-2-14-10-11-17-18(12-14)22-21(23(17)27)24(15-6-5-7-16(26)13-15)28-20-9-4-3-8-19(20)25-22/h1,3-13,24-26H. The van der Waals surface area contributed by atoms with E-state index in [1.807, 2.05) is 36.4 Å². The minimum Gasteiger partial charge on any atom is -0.508 e. The number of hydrogen-bond acceptors (Lipinski definition) is 4. The number of rotatable bonds is 1. The number of carbonyl (C=O) groups excluding carboxylic acids is 1. The first-order chi connectivity index (χ1) is 13.7. The molecular formula is C24H15NO2S. The van der Waals surface area contributed by atoms with E-state index in [1.165, 1.54) is 0 Å². The number of benzene rings is 3. The van der Waals surface area contributed by atoms with E-state index < -0.39 is 0 Å². The summed E-state index contributed by atoms with van der Waals surface area (Å²) < 4.78 is 0. The highest BCUT2D eigenvalue weighted by Gasteiger charge is 2.38. The Morgan fingerprint density at radius 3 is 2.68 bits per heavy atom. The average molecular weight is 381 g/mol. The molecule has 1 atom stereocenters. The highest BCUT2D eigenvalue weighted by Crippen LogP contribution is 2.52. The minimum absolute atomic E-state index is 0.00489. The van der Waals surface area contributed by atoms with Crippen LogP contribution in [-0.4, -0.2) is 10.9 Å². The Bertz CT molecular complexity index is 1220. The van der Waals surface area contributed by atoms with E-state index in [9.17, 15) is 9.90 Å². The van der Waals surface area contributed by atoms with Gasteiger partial charge in [-0.25, -0.2) is 0 Å². The predicted molar refractivity (Wildman–Crippen MR) is 112 cm³/mol. The van der Waals surface area contributed by atoms with Crippen LogP contribution in [0.5, 0.6) is 5.75 Å². The minimum atomic E-state index is -0.243. The number of thioether (sulfide) groups is 1. The van der Waals surface area contributed by atoms with Crippen molar-refractivity contribution in [2.75, 3.05) is 5.32 Å². The Balaban J connectivity index is 1.77. The van der Waals surface area contributed by atoms with Gasteiger partial charge in [0, 0.05) is 27.2 Å². The molecule has 1 heterocycles. The third-order valence-electron chi connectivity index (χ3n) is 5.04. The van der Waals surface area contributed by atoms with Crippen molar-refractivity contribution in [3.63, 3.8) is 0 Å². The number of para-hydroxylation sites is 1. The number of nitrogens with one attached hydrogen (secondary N) is 1. The van der Waals surface area contributed by atoms with Crippen LogP contribution in [0.3, 0.4) is 0 Å². The highest BCUT2D eigenvalue weighted by atomic mass is 32.2. The van der Waals surface area contributed by atoms with Crippen LogP contribution in [0, 0.1) is 12.3 Å². The van der Waals surface area contributed by atoms with Crippen molar-refractivity contribution in [3.8, 4) is 18.1 Å². The topological polar surface area (TPSA) is 49.3 Å². The number of aromatic hydroxyl groups is 1. The summed E-state index contributed by atoms with van der Waals surface area (Å²) in [5.41, 5.74) is 5.54. The monoisotopic (exact) mass is 381 g/mol. The van der Waals surface area contributed by atoms with E-state index in [0.29, 0.717) is 11.1 Å². The van der Waals surface area contributed by atoms with Gasteiger partial charge < -0.3 is 10.4 Å². The summed E-state index contributed by atoms with van der Waals surface area (Å²) in [4.78, 5) is 14.4. The smallest absolute Gasteiger partial charge is 0.193 e. The molecule has 134 valence electrons. The maximum Gasteiger partial charge on any atom is 0.193 e. The number of hydrogen-bond donors (Lipinski definition) is 2. The number of phenolic OH excluding ortho intramolecular Hbond substituents is 1. The highest BCUT2D eigenvalue weighted by molar-refractivity contribution is 8.00. The lowest BCUT2D eigenvalue weighted by Gasteiger charge is -2.17. The molecule has 3 nitrogen and oxygen atoms in total. The molecule has 1 unspecified atom stereocenters. The molecule has 5 rings (SSSR count). The Kier molecular flexibility index (Phi) is 3.78. The van der Waals surface area contributed by atoms with E-state index in [1.54, 1.807) is 42.1 Å². The third-order valence-corrected chi connectivity index (χ3v) is 6.39. The molecule has 0 saturated heterocycles. The van der Waals surface area contributed by atoms with Gasteiger partial charge in [0.2, 0.25) is 0 Å². The molecule has 3 aromatic rings. The van der Waals surface area contributed by atoms with Crippen LogP contribution in [0.15, 0.2) is 77.2 Å². The van der Waals surface area contributed by atoms with Crippen LogP contribution in [-0.2, 0) is 0 Å². The molecule has 1 aliphatic carbocycles. The lowest BCUT2D eigenvalue weighted by atomic mass is 10.0. The number of carbonyl (C=O) groups is 1. The van der Waals surface area contributed by atoms with Gasteiger partial charge in [0.15, 0.2) is 5.78 Å². The number of phenols is 1. The molecule has 2 N–H and O–H groups in total. The maximum absolute atomic E-state index is 13.4. The van der Waals surface area contributed by atoms with E-state index >= 15 is 0 Å². The Morgan fingerprint density at radius 2 is 1.86 bits per heavy atom. The molecule has 4 heteroatoms. The molecule has 3 aromatic carbocycles. The fraction of sp³-hybridized carbons (Fsp3) is 0.0417. The van der Waals surface area contributed by atoms with E-state index in [-0.39, 0.29) is 16.8 Å². The Hall–Kier alpha value is -3.42. The second-order valence-corrected chi connectivity index (χ2v) is 7.88. The molecule has 1 aliphatic heterocycles. The van der Waals surface area contributed by atoms with Gasteiger partial charge in [-0.15, -0.1) is 18.2 Å². The predicted octanol–water partition coefficient (Wildman–Crippen LogP) is 5.24. The SMILES string of the molecule is C#Cc1ccc2c(c1)C1=C(C2=O)C(c2cccc(O)c2)Sc2ccccc2N1. The average Bonchev–Trinajstić information content (AvgIpc) is 2.88. The summed E-state index contributed by atoms with van der Waals surface area (Å²) in [5, 5.41) is 13.2. The largest absolute Gasteiger partial charge is 0.508 e. The Morgan fingerprint density at radius 1 is 1.00 bits per heavy atom. The van der Waals surface area contributed by atoms with E-state index in [2.05, 4.69) is 11.2 Å². The summed E-state index contributed by atoms with van der Waals surface area (Å²) >= 11 is 1.61. The van der Waals surface area contributed by atoms with Crippen molar-refractivity contribution in [1.29, 1.82) is 0 Å². The van der Waals surface area contributed by atoms with Gasteiger partial charge >= 0.3 is 0 Å². The van der Waals surface area contributed by atoms with Gasteiger partial charge in [0.25, 0.3) is 0 Å². The van der Waals surface area contributed by atoms with Crippen LogP contribution >= 0.6 is 11.8 Å². The molecular weight excluding hydrogens is 366 g/mol. The second-order valence-electron chi connectivity index (χ2n) is 6.74. The van der Waals surface area contributed by atoms with Crippen molar-refractivity contribution in [2.45, 2.75) is 10.1 Å². The molecule has 0 fully saturated rings. The van der Waals surface area contributed by atoms with Crippen molar-refractivity contribution in [2.24, 2.45) is 0 Å². The number of anilines is 1. The normalized spacial score (nSPS) is 17.1. The zero-order valence-electron chi connectivity index (χ0n) is 14.8. The summed E-state index contributed by atoms with van der Waals surface area (Å²) in [6.45, 7) is 0. The molecule has 28 heavy (non-hydrogen) atoms. The molecule has 2 aliphatic rings. The van der Waals surface area contributed by atoms with Crippen LogP contribution in [0.25, 0.3) is 5.70 Å². The van der Waals surface area contributed by atoms with Crippen LogP contribution in [0.2, 0.25) is 0 Å². The molecule has 0 radical (unpaired) electrons. The molecule has 0 spiro atoms. The van der Waals surface area contributed by atoms with Crippen molar-refractivity contribution < 1.29 is 9.90 Å². The first kappa shape index (κ1) is 16.7. The number of Topliss-reactive ketones (excluding diaryl/α,β-unsaturated/α-hetero) is 1. The summed E-state index contributed by atoms with van der Waals surface area (Å²) in [5.74, 6) is 2.83. The van der Waals surface area contributed by atoms with Crippen molar-refractivity contribution >= 4 is 28.9 Å². The van der Waals surface area contributed by atoms with Crippen LogP contribution < -0.4 is 5.32 Å². The first-order valence-corrected chi connectivity index (χ1v) is 9.75. The summed E-state index contributed by atoms with van der Waals surface area (Å²) in [6, 6.07) is 20.6. The number of terminal acetylenes is 1. The first-order valence-electron chi connectivity index (χ1n) is 8.87. The second kappa shape index (κ2) is 6.33. The van der Waals surface area contributed by atoms with Crippen LogP contribution in [0.4, 0.5) is 5.69 Å². The van der Waals surface area contributed by atoms with Gasteiger partial charge in [0.1, 0.15) is 5.75 Å². The summed E-state index contributed by atoms with van der Waals surface area (Å²) in [6.07, 6.45) is 5.59. The quantitative estimate of drug-likeness (QED) is 0.566. The zero-order valence-corrected chi connectivity index (χ0v) is 15.6. The fourth-order valence-electron chi connectivity index (χ4n) is 3.74.